The van der Waals surface area contributed by atoms with Crippen LogP contribution in [0, 0.1) is 5.82 Å². The molecule has 0 spiro atoms. The fourth-order valence-corrected chi connectivity index (χ4v) is 4.02. The number of rotatable bonds is 8. The van der Waals surface area contributed by atoms with Gasteiger partial charge in [0.05, 0.1) is 31.6 Å². The smallest absolute Gasteiger partial charge is 0.244 e. The van der Waals surface area contributed by atoms with E-state index in [4.69, 9.17) is 9.47 Å². The summed E-state index contributed by atoms with van der Waals surface area (Å²) in [6.45, 7) is 3.18. The summed E-state index contributed by atoms with van der Waals surface area (Å²) in [5.74, 6) is 0.0378. The van der Waals surface area contributed by atoms with Crippen molar-refractivity contribution in [1.82, 2.24) is 10.3 Å². The number of hydrogen-bond donors (Lipinski definition) is 1. The highest BCUT2D eigenvalue weighted by Gasteiger charge is 2.20. The minimum atomic E-state index is -0.526. The number of hydrogen-bond acceptors (Lipinski definition) is 6. The monoisotopic (exact) mass is 469 g/mol. The van der Waals surface area contributed by atoms with Crippen molar-refractivity contribution in [1.29, 1.82) is 0 Å². The number of halogens is 1. The number of amides is 2. The molecule has 3 rings (SSSR count). The van der Waals surface area contributed by atoms with E-state index >= 15 is 0 Å². The lowest BCUT2D eigenvalue weighted by Gasteiger charge is -2.18. The van der Waals surface area contributed by atoms with Gasteiger partial charge in [-0.2, -0.15) is 0 Å². The van der Waals surface area contributed by atoms with Gasteiger partial charge in [0.15, 0.2) is 5.13 Å². The summed E-state index contributed by atoms with van der Waals surface area (Å²) in [5.41, 5.74) is 1.40. The Morgan fingerprint density at radius 2 is 1.94 bits per heavy atom. The normalized spacial score (nSPS) is 11.8. The van der Waals surface area contributed by atoms with Crippen LogP contribution >= 0.6 is 11.3 Å². The second kappa shape index (κ2) is 10.7. The number of aromatic nitrogens is 1. The van der Waals surface area contributed by atoms with Crippen LogP contribution < -0.4 is 19.7 Å². The Morgan fingerprint density at radius 1 is 1.18 bits per heavy atom. The Bertz CT molecular complexity index is 1180. The molecule has 0 aliphatic carbocycles. The molecular formula is C24H24FN3O4S. The number of carbonyl (C=O) groups excluding carboxylic acids is 2. The molecule has 0 aliphatic rings. The fourth-order valence-electron chi connectivity index (χ4n) is 3.17. The Kier molecular flexibility index (Phi) is 7.78. The van der Waals surface area contributed by atoms with Crippen molar-refractivity contribution < 1.29 is 23.5 Å². The Morgan fingerprint density at radius 3 is 2.61 bits per heavy atom. The molecule has 0 radical (unpaired) electrons. The van der Waals surface area contributed by atoms with E-state index in [-0.39, 0.29) is 23.5 Å². The van der Waals surface area contributed by atoms with Gasteiger partial charge in [0.25, 0.3) is 0 Å². The molecule has 2 amide bonds. The SMILES string of the molecule is COc1ccc(C(C)NC(=O)/C=C/c2csc(N(C(C)=O)c3ccccc3F)n2)c(OC)c1. The second-order valence-corrected chi connectivity index (χ2v) is 7.87. The van der Waals surface area contributed by atoms with Crippen LogP contribution in [0.4, 0.5) is 15.2 Å². The molecule has 7 nitrogen and oxygen atoms in total. The molecule has 3 aromatic rings. The third kappa shape index (κ3) is 5.75. The summed E-state index contributed by atoms with van der Waals surface area (Å²) >= 11 is 1.18. The molecule has 1 aromatic heterocycles. The number of nitrogens with one attached hydrogen (secondary N) is 1. The van der Waals surface area contributed by atoms with E-state index < -0.39 is 5.82 Å². The number of benzene rings is 2. The van der Waals surface area contributed by atoms with Crippen molar-refractivity contribution >= 4 is 40.0 Å². The van der Waals surface area contributed by atoms with Crippen molar-refractivity contribution in [3.63, 3.8) is 0 Å². The first-order valence-corrected chi connectivity index (χ1v) is 10.9. The van der Waals surface area contributed by atoms with Crippen LogP contribution in [-0.2, 0) is 9.59 Å². The lowest BCUT2D eigenvalue weighted by atomic mass is 10.1. The molecule has 0 fully saturated rings. The quantitative estimate of drug-likeness (QED) is 0.476. The van der Waals surface area contributed by atoms with Crippen LogP contribution in [-0.4, -0.2) is 31.0 Å². The number of thiazole rings is 1. The zero-order valence-corrected chi connectivity index (χ0v) is 19.5. The molecule has 9 heteroatoms. The summed E-state index contributed by atoms with van der Waals surface area (Å²) in [7, 11) is 3.12. The molecule has 1 unspecified atom stereocenters. The van der Waals surface area contributed by atoms with E-state index in [1.807, 2.05) is 13.0 Å². The third-order valence-corrected chi connectivity index (χ3v) is 5.62. The van der Waals surface area contributed by atoms with E-state index in [1.54, 1.807) is 43.9 Å². The minimum Gasteiger partial charge on any atom is -0.497 e. The number of ether oxygens (including phenoxy) is 2. The third-order valence-electron chi connectivity index (χ3n) is 4.78. The van der Waals surface area contributed by atoms with Crippen molar-refractivity contribution in [2.24, 2.45) is 0 Å². The molecule has 2 aromatic carbocycles. The molecule has 0 saturated carbocycles. The van der Waals surface area contributed by atoms with Gasteiger partial charge < -0.3 is 14.8 Å². The minimum absolute atomic E-state index is 0.120. The van der Waals surface area contributed by atoms with Crippen LogP contribution in [0.1, 0.15) is 31.1 Å². The van der Waals surface area contributed by atoms with Gasteiger partial charge in [-0.05, 0) is 37.3 Å². The van der Waals surface area contributed by atoms with Crippen molar-refractivity contribution in [3.05, 3.63) is 71.0 Å². The van der Waals surface area contributed by atoms with Crippen LogP contribution in [0.3, 0.4) is 0 Å². The van der Waals surface area contributed by atoms with Gasteiger partial charge >= 0.3 is 0 Å². The van der Waals surface area contributed by atoms with Crippen molar-refractivity contribution in [2.75, 3.05) is 19.1 Å². The van der Waals surface area contributed by atoms with Gasteiger partial charge in [-0.15, -0.1) is 11.3 Å². The van der Waals surface area contributed by atoms with Crippen LogP contribution in [0.25, 0.3) is 6.08 Å². The standard InChI is InChI=1S/C24H24FN3O4S/c1-15(19-11-10-18(31-3)13-22(19)32-4)26-23(30)12-9-17-14-33-24(27-17)28(16(2)29)21-8-6-5-7-20(21)25/h5-15H,1-4H3,(H,26,30)/b12-9+. The van der Waals surface area contributed by atoms with Gasteiger partial charge in [-0.3, -0.25) is 14.5 Å². The van der Waals surface area contributed by atoms with Crippen LogP contribution in [0.5, 0.6) is 11.5 Å². The average molecular weight is 470 g/mol. The zero-order chi connectivity index (χ0) is 24.0. The predicted octanol–water partition coefficient (Wildman–Crippen LogP) is 4.87. The van der Waals surface area contributed by atoms with Gasteiger partial charge in [0.2, 0.25) is 11.8 Å². The van der Waals surface area contributed by atoms with Crippen molar-refractivity contribution in [2.45, 2.75) is 19.9 Å². The van der Waals surface area contributed by atoms with Crippen LogP contribution in [0.15, 0.2) is 53.9 Å². The maximum Gasteiger partial charge on any atom is 0.244 e. The molecule has 1 atom stereocenters. The highest BCUT2D eigenvalue weighted by Crippen LogP contribution is 2.31. The largest absolute Gasteiger partial charge is 0.497 e. The number of para-hydroxylation sites is 1. The first-order chi connectivity index (χ1) is 15.8. The first kappa shape index (κ1) is 23.9. The van der Waals surface area contributed by atoms with Crippen LogP contribution in [0.2, 0.25) is 0 Å². The molecule has 1 heterocycles. The molecule has 0 aliphatic heterocycles. The lowest BCUT2D eigenvalue weighted by Crippen LogP contribution is -2.25. The van der Waals surface area contributed by atoms with Gasteiger partial charge in [-0.25, -0.2) is 9.37 Å². The van der Waals surface area contributed by atoms with E-state index in [9.17, 15) is 14.0 Å². The Hall–Kier alpha value is -3.72. The molecule has 1 N–H and O–H groups in total. The lowest BCUT2D eigenvalue weighted by molar-refractivity contribution is -0.117. The molecular weight excluding hydrogens is 445 g/mol. The summed E-state index contributed by atoms with van der Waals surface area (Å²) in [4.78, 5) is 30.1. The molecule has 172 valence electrons. The molecule has 0 bridgehead atoms. The second-order valence-electron chi connectivity index (χ2n) is 7.03. The van der Waals surface area contributed by atoms with E-state index in [0.717, 1.165) is 5.56 Å². The van der Waals surface area contributed by atoms with E-state index in [2.05, 4.69) is 10.3 Å². The summed E-state index contributed by atoms with van der Waals surface area (Å²) in [5, 5.41) is 4.87. The molecule has 33 heavy (non-hydrogen) atoms. The summed E-state index contributed by atoms with van der Waals surface area (Å²) in [6.07, 6.45) is 2.89. The number of anilines is 2. The van der Waals surface area contributed by atoms with Gasteiger partial charge in [-0.1, -0.05) is 12.1 Å². The maximum atomic E-state index is 14.2. The highest BCUT2D eigenvalue weighted by molar-refractivity contribution is 7.14. The number of nitrogens with zero attached hydrogens (tertiary/aromatic N) is 2. The molecule has 0 saturated heterocycles. The zero-order valence-electron chi connectivity index (χ0n) is 18.7. The first-order valence-electron chi connectivity index (χ1n) is 10.0. The Labute approximate surface area is 195 Å². The maximum absolute atomic E-state index is 14.2. The summed E-state index contributed by atoms with van der Waals surface area (Å²) < 4.78 is 24.8. The number of carbonyl (C=O) groups is 2. The predicted molar refractivity (Wildman–Crippen MR) is 126 cm³/mol. The van der Waals surface area contributed by atoms with E-state index in [0.29, 0.717) is 22.3 Å². The van der Waals surface area contributed by atoms with Gasteiger partial charge in [0.1, 0.15) is 17.3 Å². The highest BCUT2D eigenvalue weighted by atomic mass is 32.1. The summed E-state index contributed by atoms with van der Waals surface area (Å²) in [6, 6.07) is 11.0. The average Bonchev–Trinajstić information content (AvgIpc) is 3.26. The fraction of sp³-hybridized carbons (Fsp3) is 0.208. The Balaban J connectivity index is 1.71. The number of methoxy groups -OCH3 is 2. The topological polar surface area (TPSA) is 80.8 Å². The van der Waals surface area contributed by atoms with Gasteiger partial charge in [0, 0.05) is 30.0 Å². The van der Waals surface area contributed by atoms with E-state index in [1.165, 1.54) is 47.4 Å². The van der Waals surface area contributed by atoms with Crippen molar-refractivity contribution in [3.8, 4) is 11.5 Å².